The Labute approximate surface area is 106 Å². The number of aromatic nitrogens is 1. The first-order valence-electron chi connectivity index (χ1n) is 6.26. The first-order chi connectivity index (χ1) is 8.70. The van der Waals surface area contributed by atoms with E-state index in [1.807, 2.05) is 6.92 Å². The number of hydrogen-bond donors (Lipinski definition) is 2. The van der Waals surface area contributed by atoms with Crippen LogP contribution in [0.25, 0.3) is 0 Å². The van der Waals surface area contributed by atoms with Gasteiger partial charge in [0, 0.05) is 24.3 Å². The first-order valence-corrected chi connectivity index (χ1v) is 6.26. The van der Waals surface area contributed by atoms with Crippen LogP contribution < -0.4 is 10.6 Å². The van der Waals surface area contributed by atoms with Gasteiger partial charge in [-0.25, -0.2) is 0 Å². The number of nitrogens with one attached hydrogen (secondary N) is 2. The Morgan fingerprint density at radius 1 is 1.39 bits per heavy atom. The number of nitrogens with zero attached hydrogens (tertiary/aromatic N) is 1. The molecule has 0 radical (unpaired) electrons. The Kier molecular flexibility index (Phi) is 3.92. The molecule has 5 heteroatoms. The van der Waals surface area contributed by atoms with Gasteiger partial charge in [-0.15, -0.1) is 0 Å². The van der Waals surface area contributed by atoms with Crippen LogP contribution in [0.5, 0.6) is 0 Å². The Bertz CT molecular complexity index is 455. The van der Waals surface area contributed by atoms with E-state index >= 15 is 0 Å². The molecule has 1 aromatic rings. The molecule has 96 valence electrons. The van der Waals surface area contributed by atoms with E-state index in [2.05, 4.69) is 15.6 Å². The minimum Gasteiger partial charge on any atom is -0.351 e. The minimum atomic E-state index is -0.238. The van der Waals surface area contributed by atoms with E-state index in [9.17, 15) is 9.59 Å². The van der Waals surface area contributed by atoms with Gasteiger partial charge >= 0.3 is 0 Å². The van der Waals surface area contributed by atoms with Crippen molar-refractivity contribution in [1.29, 1.82) is 0 Å². The summed E-state index contributed by atoms with van der Waals surface area (Å²) in [4.78, 5) is 27.5. The number of pyridine rings is 1. The van der Waals surface area contributed by atoms with Crippen molar-refractivity contribution in [3.8, 4) is 0 Å². The molecule has 1 aliphatic carbocycles. The molecule has 1 heterocycles. The molecule has 2 N–H and O–H groups in total. The summed E-state index contributed by atoms with van der Waals surface area (Å²) >= 11 is 0. The number of hydrogen-bond acceptors (Lipinski definition) is 3. The topological polar surface area (TPSA) is 71.1 Å². The Morgan fingerprint density at radius 2 is 2.17 bits per heavy atom. The van der Waals surface area contributed by atoms with Gasteiger partial charge in [-0.1, -0.05) is 6.92 Å². The molecule has 1 saturated carbocycles. The quantitative estimate of drug-likeness (QED) is 0.819. The van der Waals surface area contributed by atoms with Crippen LogP contribution >= 0.6 is 0 Å². The van der Waals surface area contributed by atoms with Crippen molar-refractivity contribution in [3.05, 3.63) is 29.6 Å². The predicted octanol–water partition coefficient (Wildman–Crippen LogP) is 1.11. The highest BCUT2D eigenvalue weighted by atomic mass is 16.2. The van der Waals surface area contributed by atoms with Crippen LogP contribution in [0.2, 0.25) is 0 Å². The second kappa shape index (κ2) is 5.62. The Balaban J connectivity index is 2.03. The molecule has 0 spiro atoms. The lowest BCUT2D eigenvalue weighted by atomic mass is 10.2. The summed E-state index contributed by atoms with van der Waals surface area (Å²) in [6.07, 6.45) is 4.44. The standard InChI is InChI=1S/C13H17N3O2/c1-2-6-15-13(18)11-8-9(5-7-14-11)12(17)16-10-3-4-10/h5,7-8,10H,2-4,6H2,1H3,(H,15,18)(H,16,17). The summed E-state index contributed by atoms with van der Waals surface area (Å²) < 4.78 is 0. The SMILES string of the molecule is CCCNC(=O)c1cc(C(=O)NC2CC2)ccn1. The van der Waals surface area contributed by atoms with E-state index in [0.29, 0.717) is 18.2 Å². The Hall–Kier alpha value is -1.91. The summed E-state index contributed by atoms with van der Waals surface area (Å²) in [6.45, 7) is 2.59. The number of rotatable bonds is 5. The van der Waals surface area contributed by atoms with Gasteiger partial charge in [-0.05, 0) is 31.4 Å². The fourth-order valence-electron chi connectivity index (χ4n) is 1.52. The lowest BCUT2D eigenvalue weighted by Gasteiger charge is -2.06. The van der Waals surface area contributed by atoms with Gasteiger partial charge in [0.05, 0.1) is 0 Å². The number of carbonyl (C=O) groups is 2. The molecular formula is C13H17N3O2. The predicted molar refractivity (Wildman–Crippen MR) is 67.3 cm³/mol. The molecule has 1 aromatic heterocycles. The molecule has 0 unspecified atom stereocenters. The Morgan fingerprint density at radius 3 is 2.83 bits per heavy atom. The molecule has 0 aliphatic heterocycles. The zero-order valence-electron chi connectivity index (χ0n) is 10.4. The average molecular weight is 247 g/mol. The maximum Gasteiger partial charge on any atom is 0.269 e. The lowest BCUT2D eigenvalue weighted by molar-refractivity contribution is 0.0948. The van der Waals surface area contributed by atoms with Gasteiger partial charge < -0.3 is 10.6 Å². The highest BCUT2D eigenvalue weighted by molar-refractivity contribution is 5.98. The molecular weight excluding hydrogens is 230 g/mol. The normalized spacial score (nSPS) is 14.1. The van der Waals surface area contributed by atoms with Crippen LogP contribution in [0.15, 0.2) is 18.3 Å². The molecule has 0 saturated heterocycles. The zero-order chi connectivity index (χ0) is 13.0. The van der Waals surface area contributed by atoms with Gasteiger partial charge in [0.2, 0.25) is 0 Å². The van der Waals surface area contributed by atoms with E-state index < -0.39 is 0 Å². The fourth-order valence-corrected chi connectivity index (χ4v) is 1.52. The van der Waals surface area contributed by atoms with Crippen LogP contribution in [0.3, 0.4) is 0 Å². The van der Waals surface area contributed by atoms with E-state index in [0.717, 1.165) is 19.3 Å². The second-order valence-corrected chi connectivity index (χ2v) is 4.43. The van der Waals surface area contributed by atoms with E-state index in [1.54, 1.807) is 6.07 Å². The summed E-state index contributed by atoms with van der Waals surface area (Å²) in [5.74, 6) is -0.373. The third-order valence-electron chi connectivity index (χ3n) is 2.70. The maximum absolute atomic E-state index is 11.8. The second-order valence-electron chi connectivity index (χ2n) is 4.43. The fraction of sp³-hybridized carbons (Fsp3) is 0.462. The summed E-state index contributed by atoms with van der Waals surface area (Å²) in [5, 5.41) is 5.62. The first kappa shape index (κ1) is 12.5. The zero-order valence-corrected chi connectivity index (χ0v) is 10.4. The van der Waals surface area contributed by atoms with Crippen molar-refractivity contribution >= 4 is 11.8 Å². The smallest absolute Gasteiger partial charge is 0.269 e. The van der Waals surface area contributed by atoms with Crippen LogP contribution in [0.1, 0.15) is 47.0 Å². The van der Waals surface area contributed by atoms with Crippen molar-refractivity contribution in [1.82, 2.24) is 15.6 Å². The monoisotopic (exact) mass is 247 g/mol. The van der Waals surface area contributed by atoms with Crippen molar-refractivity contribution in [3.63, 3.8) is 0 Å². The maximum atomic E-state index is 11.8. The number of carbonyl (C=O) groups excluding carboxylic acids is 2. The van der Waals surface area contributed by atoms with Crippen LogP contribution in [0.4, 0.5) is 0 Å². The molecule has 1 fully saturated rings. The summed E-state index contributed by atoms with van der Waals surface area (Å²) in [5.41, 5.74) is 0.769. The van der Waals surface area contributed by atoms with Crippen molar-refractivity contribution in [2.45, 2.75) is 32.2 Å². The van der Waals surface area contributed by atoms with E-state index in [1.165, 1.54) is 12.3 Å². The minimum absolute atomic E-state index is 0.135. The van der Waals surface area contributed by atoms with Crippen molar-refractivity contribution in [2.24, 2.45) is 0 Å². The van der Waals surface area contributed by atoms with Crippen LogP contribution in [-0.2, 0) is 0 Å². The highest BCUT2D eigenvalue weighted by Crippen LogP contribution is 2.19. The van der Waals surface area contributed by atoms with Gasteiger partial charge in [0.25, 0.3) is 11.8 Å². The molecule has 0 bridgehead atoms. The number of amides is 2. The van der Waals surface area contributed by atoms with E-state index in [4.69, 9.17) is 0 Å². The van der Waals surface area contributed by atoms with Crippen LogP contribution in [0, 0.1) is 0 Å². The molecule has 0 atom stereocenters. The summed E-state index contributed by atoms with van der Waals surface area (Å²) in [7, 11) is 0. The molecule has 2 rings (SSSR count). The molecule has 5 nitrogen and oxygen atoms in total. The van der Waals surface area contributed by atoms with Gasteiger partial charge in [-0.2, -0.15) is 0 Å². The largest absolute Gasteiger partial charge is 0.351 e. The summed E-state index contributed by atoms with van der Waals surface area (Å²) in [6, 6.07) is 3.46. The molecule has 0 aromatic carbocycles. The van der Waals surface area contributed by atoms with Crippen molar-refractivity contribution in [2.75, 3.05) is 6.54 Å². The average Bonchev–Trinajstić information content (AvgIpc) is 3.20. The van der Waals surface area contributed by atoms with Gasteiger partial charge in [-0.3, -0.25) is 14.6 Å². The third-order valence-corrected chi connectivity index (χ3v) is 2.70. The van der Waals surface area contributed by atoms with E-state index in [-0.39, 0.29) is 17.5 Å². The lowest BCUT2D eigenvalue weighted by Crippen LogP contribution is -2.27. The molecule has 18 heavy (non-hydrogen) atoms. The third kappa shape index (κ3) is 3.29. The molecule has 1 aliphatic rings. The highest BCUT2D eigenvalue weighted by Gasteiger charge is 2.24. The van der Waals surface area contributed by atoms with Crippen molar-refractivity contribution < 1.29 is 9.59 Å². The van der Waals surface area contributed by atoms with Gasteiger partial charge in [0.1, 0.15) is 5.69 Å². The van der Waals surface area contributed by atoms with Gasteiger partial charge in [0.15, 0.2) is 0 Å². The van der Waals surface area contributed by atoms with Crippen LogP contribution in [-0.4, -0.2) is 29.4 Å². The molecule has 2 amide bonds.